The van der Waals surface area contributed by atoms with Crippen molar-refractivity contribution >= 4 is 11.9 Å². The second kappa shape index (κ2) is 15.3. The van der Waals surface area contributed by atoms with Gasteiger partial charge in [0.25, 0.3) is 0 Å². The summed E-state index contributed by atoms with van der Waals surface area (Å²) in [7, 11) is 0. The summed E-state index contributed by atoms with van der Waals surface area (Å²) in [6.45, 7) is 1.24. The maximum absolute atomic E-state index is 12.5. The first-order valence-corrected chi connectivity index (χ1v) is 10.9. The number of carboxylic acid groups (broad SMARTS) is 2. The molecule has 2 rings (SSSR count). The van der Waals surface area contributed by atoms with Crippen LogP contribution in [0.25, 0.3) is 0 Å². The van der Waals surface area contributed by atoms with Crippen LogP contribution in [-0.4, -0.2) is 101 Å². The first-order chi connectivity index (χ1) is 15.4. The normalized spacial score (nSPS) is 34.2. The van der Waals surface area contributed by atoms with Gasteiger partial charge in [0, 0.05) is 6.04 Å². The summed E-state index contributed by atoms with van der Waals surface area (Å²) >= 11 is 0. The van der Waals surface area contributed by atoms with Crippen LogP contribution in [0.4, 0.5) is 0 Å². The molecule has 0 aromatic carbocycles. The van der Waals surface area contributed by atoms with Gasteiger partial charge in [-0.25, -0.2) is 0 Å². The minimum atomic E-state index is -2.60. The summed E-state index contributed by atoms with van der Waals surface area (Å²) in [6, 6.07) is -0.861. The second-order valence-corrected chi connectivity index (χ2v) is 7.78. The molecule has 2 aliphatic rings. The van der Waals surface area contributed by atoms with Crippen molar-refractivity contribution in [3.63, 3.8) is 0 Å². The third-order valence-corrected chi connectivity index (χ3v) is 5.78. The molecule has 1 heterocycles. The molecule has 0 bridgehead atoms. The summed E-state index contributed by atoms with van der Waals surface area (Å²) < 4.78 is 32.5. The molecule has 0 spiro atoms. The monoisotopic (exact) mass is 657 g/mol. The van der Waals surface area contributed by atoms with E-state index in [0.717, 1.165) is 6.42 Å². The molecule has 1 aliphatic carbocycles. The van der Waals surface area contributed by atoms with Gasteiger partial charge in [-0.15, -0.1) is 0 Å². The third kappa shape index (κ3) is 7.91. The molecule has 12 nitrogen and oxygen atoms in total. The largest absolute Gasteiger partial charge is 2.00 e. The second-order valence-electron chi connectivity index (χ2n) is 7.78. The van der Waals surface area contributed by atoms with Crippen LogP contribution in [0, 0.1) is 0 Å². The molecule has 0 amide bonds. The number of carbonyl (C=O) groups is 2. The predicted octanol–water partition coefficient (Wildman–Crippen LogP) is -3.70. The summed E-state index contributed by atoms with van der Waals surface area (Å²) in [5, 5.41) is 24.6. The van der Waals surface area contributed by atoms with Crippen molar-refractivity contribution < 1.29 is 69.3 Å². The van der Waals surface area contributed by atoms with Gasteiger partial charge in [-0.05, 0) is 12.8 Å². The topological polar surface area (TPSA) is 188 Å². The molecule has 194 valence electrons. The van der Waals surface area contributed by atoms with Gasteiger partial charge < -0.3 is 59.7 Å². The number of nitrogens with two attached hydrogens (primary N) is 2. The zero-order chi connectivity index (χ0) is 23.5. The van der Waals surface area contributed by atoms with Crippen LogP contribution in [0.15, 0.2) is 0 Å². The van der Waals surface area contributed by atoms with Crippen molar-refractivity contribution in [1.82, 2.24) is 0 Å². The van der Waals surface area contributed by atoms with E-state index in [4.69, 9.17) is 39.9 Å². The summed E-state index contributed by atoms with van der Waals surface area (Å²) in [5.41, 5.74) is 8.35. The number of carbonyl (C=O) groups excluding carboxylic acids is 2. The molecule has 4 atom stereocenters. The standard InChI is InChI=1S/C20H36N2O10.Pt/c21-15-3-1-2-4-19(15,22)20(18(25)26)16(17(23)24)31-13-11-29-9-7-27-5-6-28-8-10-30-12-14-32-20;/h15-16H,1-14,21-22H2,(H,23,24)(H,25,26);/q;+2/p-2/t15-,16?,19-,20?;/m1./s1. The van der Waals surface area contributed by atoms with Crippen molar-refractivity contribution in [1.29, 1.82) is 0 Å². The first kappa shape index (κ1) is 30.3. The molecule has 0 aromatic heterocycles. The Morgan fingerprint density at radius 2 is 1.27 bits per heavy atom. The van der Waals surface area contributed by atoms with Crippen LogP contribution < -0.4 is 21.7 Å². The number of hydrogen-bond acceptors (Lipinski definition) is 12. The van der Waals surface area contributed by atoms with E-state index >= 15 is 0 Å². The molecule has 4 N–H and O–H groups in total. The van der Waals surface area contributed by atoms with Crippen molar-refractivity contribution in [2.75, 3.05) is 66.1 Å². The van der Waals surface area contributed by atoms with Gasteiger partial charge in [0.15, 0.2) is 5.60 Å². The predicted molar refractivity (Wildman–Crippen MR) is 105 cm³/mol. The molecule has 2 fully saturated rings. The molecule has 1 saturated heterocycles. The van der Waals surface area contributed by atoms with Gasteiger partial charge in [-0.2, -0.15) is 0 Å². The number of ether oxygens (including phenoxy) is 6. The fraction of sp³-hybridized carbons (Fsp3) is 0.900. The smallest absolute Gasteiger partial charge is 0.547 e. The van der Waals surface area contributed by atoms with Gasteiger partial charge >= 0.3 is 21.1 Å². The quantitative estimate of drug-likeness (QED) is 0.303. The number of carboxylic acids is 2. The van der Waals surface area contributed by atoms with E-state index in [1.54, 1.807) is 0 Å². The van der Waals surface area contributed by atoms with Crippen LogP contribution in [0.1, 0.15) is 25.7 Å². The average Bonchev–Trinajstić information content (AvgIpc) is 2.75. The Bertz CT molecular complexity index is 601. The van der Waals surface area contributed by atoms with Crippen LogP contribution in [0.5, 0.6) is 0 Å². The van der Waals surface area contributed by atoms with Gasteiger partial charge in [-0.3, -0.25) is 0 Å². The summed E-state index contributed by atoms with van der Waals surface area (Å²) in [4.78, 5) is 24.6. The summed E-state index contributed by atoms with van der Waals surface area (Å²) in [6.07, 6.45) is -0.314. The van der Waals surface area contributed by atoms with Crippen molar-refractivity contribution in [2.24, 2.45) is 11.5 Å². The van der Waals surface area contributed by atoms with Crippen molar-refractivity contribution in [3.8, 4) is 0 Å². The van der Waals surface area contributed by atoms with Gasteiger partial charge in [0.2, 0.25) is 0 Å². The number of rotatable bonds is 3. The van der Waals surface area contributed by atoms with Gasteiger partial charge in [0.05, 0.1) is 83.5 Å². The van der Waals surface area contributed by atoms with Crippen LogP contribution in [0.3, 0.4) is 0 Å². The van der Waals surface area contributed by atoms with Gasteiger partial charge in [0.1, 0.15) is 6.10 Å². The zero-order valence-electron chi connectivity index (χ0n) is 18.6. The third-order valence-electron chi connectivity index (χ3n) is 5.78. The van der Waals surface area contributed by atoms with E-state index < -0.39 is 35.2 Å². The first-order valence-electron chi connectivity index (χ1n) is 10.9. The van der Waals surface area contributed by atoms with Crippen LogP contribution in [0.2, 0.25) is 0 Å². The number of hydrogen-bond donors (Lipinski definition) is 2. The molecule has 13 heteroatoms. The Hall–Kier alpha value is -0.692. The van der Waals surface area contributed by atoms with Gasteiger partial charge in [-0.1, -0.05) is 12.8 Å². The van der Waals surface area contributed by atoms with E-state index in [-0.39, 0.29) is 67.1 Å². The minimum absolute atomic E-state index is 0. The fourth-order valence-corrected chi connectivity index (χ4v) is 4.10. The molecule has 1 saturated carbocycles. The Balaban J connectivity index is 0.00000544. The van der Waals surface area contributed by atoms with Crippen LogP contribution >= 0.6 is 0 Å². The molecule has 33 heavy (non-hydrogen) atoms. The Labute approximate surface area is 207 Å². The average molecular weight is 658 g/mol. The molecule has 0 aromatic rings. The molecule has 2 unspecified atom stereocenters. The molecule has 0 radical (unpaired) electrons. The summed E-state index contributed by atoms with van der Waals surface area (Å²) in [5.74, 6) is -3.64. The Kier molecular flexibility index (Phi) is 14.1. The van der Waals surface area contributed by atoms with Crippen molar-refractivity contribution in [3.05, 3.63) is 0 Å². The van der Waals surface area contributed by atoms with Crippen LogP contribution in [-0.2, 0) is 59.1 Å². The Morgan fingerprint density at radius 1 is 0.788 bits per heavy atom. The molecular formula is C20H34N2O10Pt. The van der Waals surface area contributed by atoms with Crippen molar-refractivity contribution in [2.45, 2.75) is 49.0 Å². The van der Waals surface area contributed by atoms with E-state index in [1.807, 2.05) is 0 Å². The maximum atomic E-state index is 12.5. The van der Waals surface area contributed by atoms with E-state index in [9.17, 15) is 19.8 Å². The zero-order valence-corrected chi connectivity index (χ0v) is 20.9. The van der Waals surface area contributed by atoms with E-state index in [1.165, 1.54) is 0 Å². The molecular weight excluding hydrogens is 623 g/mol. The van der Waals surface area contributed by atoms with E-state index in [0.29, 0.717) is 39.3 Å². The molecule has 1 aliphatic heterocycles. The number of aliphatic carboxylic acids is 2. The SMILES string of the molecule is N[C@@H]1CCCC[C@]1(N)C1(C(=O)[O-])OCCOCCOCCOCCOCCOC1C(=O)[O-].[Pt+2]. The van der Waals surface area contributed by atoms with E-state index in [2.05, 4.69) is 0 Å². The minimum Gasteiger partial charge on any atom is -0.547 e. The fourth-order valence-electron chi connectivity index (χ4n) is 4.10. The Morgan fingerprint density at radius 3 is 1.73 bits per heavy atom. The maximum Gasteiger partial charge on any atom is 2.00 e.